The monoisotopic (exact) mass is 347 g/mol. The van der Waals surface area contributed by atoms with Crippen LogP contribution < -0.4 is 0 Å². The lowest BCUT2D eigenvalue weighted by Gasteiger charge is -2.17. The number of rotatable bonds is 3. The first-order valence-electron chi connectivity index (χ1n) is 8.40. The molecule has 1 heterocycles. The van der Waals surface area contributed by atoms with E-state index in [1.54, 1.807) is 0 Å². The summed E-state index contributed by atoms with van der Waals surface area (Å²) >= 11 is 6.23. The Morgan fingerprint density at radius 1 is 1.00 bits per heavy atom. The molecule has 0 aliphatic carbocycles. The van der Waals surface area contributed by atoms with Gasteiger partial charge < -0.3 is 4.90 Å². The summed E-state index contributed by atoms with van der Waals surface area (Å²) in [4.78, 5) is 14.7. The number of fused-ring (bicyclic) bond motifs is 1. The van der Waals surface area contributed by atoms with Crippen LogP contribution in [0.15, 0.2) is 72.8 Å². The topological polar surface area (TPSA) is 20.3 Å². The highest BCUT2D eigenvalue weighted by atomic mass is 35.5. The van der Waals surface area contributed by atoms with Crippen LogP contribution in [0.1, 0.15) is 11.1 Å². The molecule has 0 saturated heterocycles. The lowest BCUT2D eigenvalue weighted by atomic mass is 10.0. The van der Waals surface area contributed by atoms with E-state index in [1.165, 1.54) is 11.1 Å². The summed E-state index contributed by atoms with van der Waals surface area (Å²) in [7, 11) is 0. The van der Waals surface area contributed by atoms with Crippen LogP contribution in [0, 0.1) is 0 Å². The average Bonchev–Trinajstić information content (AvgIpc) is 3.12. The molecule has 0 spiro atoms. The molecule has 4 rings (SSSR count). The van der Waals surface area contributed by atoms with Crippen LogP contribution in [0.2, 0.25) is 5.02 Å². The van der Waals surface area contributed by atoms with Gasteiger partial charge in [-0.05, 0) is 39.6 Å². The molecule has 25 heavy (non-hydrogen) atoms. The molecule has 0 unspecified atom stereocenters. The number of carbonyl (C=O) groups is 1. The maximum atomic E-state index is 12.8. The zero-order valence-corrected chi connectivity index (χ0v) is 14.5. The minimum atomic E-state index is 0.134. The van der Waals surface area contributed by atoms with Crippen LogP contribution >= 0.6 is 11.6 Å². The van der Waals surface area contributed by atoms with E-state index < -0.39 is 0 Å². The van der Waals surface area contributed by atoms with Crippen molar-refractivity contribution in [2.24, 2.45) is 0 Å². The first-order valence-corrected chi connectivity index (χ1v) is 8.78. The minimum absolute atomic E-state index is 0.134. The van der Waals surface area contributed by atoms with E-state index in [0.717, 1.165) is 16.3 Å². The SMILES string of the molecule is O=C(Cc1cc(Cl)cc2ccccc12)N1CC=C(c2ccccc2)C1. The smallest absolute Gasteiger partial charge is 0.227 e. The van der Waals surface area contributed by atoms with Crippen molar-refractivity contribution >= 4 is 33.9 Å². The van der Waals surface area contributed by atoms with Gasteiger partial charge in [0.2, 0.25) is 5.91 Å². The number of carbonyl (C=O) groups excluding carboxylic acids is 1. The normalized spacial score (nSPS) is 14.0. The third-order valence-electron chi connectivity index (χ3n) is 4.67. The largest absolute Gasteiger partial charge is 0.334 e. The fourth-order valence-corrected chi connectivity index (χ4v) is 3.63. The Morgan fingerprint density at radius 3 is 2.60 bits per heavy atom. The Morgan fingerprint density at radius 2 is 1.76 bits per heavy atom. The van der Waals surface area contributed by atoms with E-state index in [9.17, 15) is 4.79 Å². The van der Waals surface area contributed by atoms with Crippen molar-refractivity contribution in [3.8, 4) is 0 Å². The highest BCUT2D eigenvalue weighted by Gasteiger charge is 2.21. The molecule has 3 heteroatoms. The van der Waals surface area contributed by atoms with Crippen molar-refractivity contribution in [2.75, 3.05) is 13.1 Å². The number of benzene rings is 3. The number of nitrogens with zero attached hydrogens (tertiary/aromatic N) is 1. The maximum absolute atomic E-state index is 12.8. The molecular formula is C22H18ClNO. The van der Waals surface area contributed by atoms with E-state index in [1.807, 2.05) is 59.5 Å². The Bertz CT molecular complexity index is 962. The van der Waals surface area contributed by atoms with Crippen molar-refractivity contribution in [1.82, 2.24) is 4.90 Å². The Balaban J connectivity index is 1.52. The zero-order chi connectivity index (χ0) is 17.2. The molecule has 0 atom stereocenters. The molecule has 0 fully saturated rings. The fourth-order valence-electron chi connectivity index (χ4n) is 3.38. The van der Waals surface area contributed by atoms with Gasteiger partial charge in [0.05, 0.1) is 6.42 Å². The van der Waals surface area contributed by atoms with E-state index in [2.05, 4.69) is 18.2 Å². The van der Waals surface area contributed by atoms with Gasteiger partial charge in [0.15, 0.2) is 0 Å². The molecule has 0 N–H and O–H groups in total. The summed E-state index contributed by atoms with van der Waals surface area (Å²) in [5.74, 6) is 0.134. The van der Waals surface area contributed by atoms with Gasteiger partial charge in [-0.3, -0.25) is 4.79 Å². The second kappa shape index (κ2) is 6.73. The number of halogens is 1. The maximum Gasteiger partial charge on any atom is 0.227 e. The molecule has 1 aliphatic rings. The molecule has 124 valence electrons. The van der Waals surface area contributed by atoms with Crippen molar-refractivity contribution in [3.63, 3.8) is 0 Å². The summed E-state index contributed by atoms with van der Waals surface area (Å²) in [5, 5.41) is 2.84. The molecule has 3 aromatic rings. The third-order valence-corrected chi connectivity index (χ3v) is 4.89. The van der Waals surface area contributed by atoms with Crippen LogP contribution in [0.5, 0.6) is 0 Å². The van der Waals surface area contributed by atoms with E-state index in [4.69, 9.17) is 11.6 Å². The summed E-state index contributed by atoms with van der Waals surface area (Å²) in [6, 6.07) is 22.1. The van der Waals surface area contributed by atoms with Crippen molar-refractivity contribution in [1.29, 1.82) is 0 Å². The second-order valence-corrected chi connectivity index (χ2v) is 6.77. The predicted octanol–water partition coefficient (Wildman–Crippen LogP) is 4.96. The van der Waals surface area contributed by atoms with E-state index >= 15 is 0 Å². The number of hydrogen-bond donors (Lipinski definition) is 0. The Hall–Kier alpha value is -2.58. The quantitative estimate of drug-likeness (QED) is 0.655. The minimum Gasteiger partial charge on any atom is -0.334 e. The summed E-state index contributed by atoms with van der Waals surface area (Å²) in [5.41, 5.74) is 3.39. The van der Waals surface area contributed by atoms with Crippen molar-refractivity contribution in [2.45, 2.75) is 6.42 Å². The van der Waals surface area contributed by atoms with Crippen LogP contribution in [0.25, 0.3) is 16.3 Å². The summed E-state index contributed by atoms with van der Waals surface area (Å²) in [6.07, 6.45) is 2.51. The Kier molecular flexibility index (Phi) is 4.29. The number of hydrogen-bond acceptors (Lipinski definition) is 1. The predicted molar refractivity (Wildman–Crippen MR) is 104 cm³/mol. The molecule has 3 aromatic carbocycles. The van der Waals surface area contributed by atoms with Crippen LogP contribution in [0.4, 0.5) is 0 Å². The van der Waals surface area contributed by atoms with Crippen LogP contribution in [-0.2, 0) is 11.2 Å². The zero-order valence-electron chi connectivity index (χ0n) is 13.8. The molecule has 0 radical (unpaired) electrons. The van der Waals surface area contributed by atoms with Gasteiger partial charge in [-0.25, -0.2) is 0 Å². The second-order valence-electron chi connectivity index (χ2n) is 6.33. The molecule has 0 bridgehead atoms. The van der Waals surface area contributed by atoms with Gasteiger partial charge in [-0.15, -0.1) is 0 Å². The molecule has 1 aliphatic heterocycles. The lowest BCUT2D eigenvalue weighted by Crippen LogP contribution is -2.30. The average molecular weight is 348 g/mol. The lowest BCUT2D eigenvalue weighted by molar-refractivity contribution is -0.129. The first-order chi connectivity index (χ1) is 12.2. The van der Waals surface area contributed by atoms with Crippen LogP contribution in [-0.4, -0.2) is 23.9 Å². The first kappa shape index (κ1) is 15.9. The Labute approximate surface area is 152 Å². The van der Waals surface area contributed by atoms with Gasteiger partial charge >= 0.3 is 0 Å². The van der Waals surface area contributed by atoms with Gasteiger partial charge in [0, 0.05) is 18.1 Å². The van der Waals surface area contributed by atoms with Crippen molar-refractivity contribution < 1.29 is 4.79 Å². The molecular weight excluding hydrogens is 330 g/mol. The molecule has 2 nitrogen and oxygen atoms in total. The van der Waals surface area contributed by atoms with E-state index in [-0.39, 0.29) is 5.91 Å². The molecule has 1 amide bonds. The highest BCUT2D eigenvalue weighted by molar-refractivity contribution is 6.31. The van der Waals surface area contributed by atoms with Gasteiger partial charge in [-0.1, -0.05) is 72.3 Å². The highest BCUT2D eigenvalue weighted by Crippen LogP contribution is 2.26. The summed E-state index contributed by atoms with van der Waals surface area (Å²) in [6.45, 7) is 1.34. The fraction of sp³-hybridized carbons (Fsp3) is 0.136. The van der Waals surface area contributed by atoms with Crippen molar-refractivity contribution in [3.05, 3.63) is 89.0 Å². The third kappa shape index (κ3) is 3.31. The summed E-state index contributed by atoms with van der Waals surface area (Å²) < 4.78 is 0. The van der Waals surface area contributed by atoms with Gasteiger partial charge in [0.1, 0.15) is 0 Å². The number of amides is 1. The standard InChI is InChI=1S/C22H18ClNO/c23-20-12-17-8-4-5-9-21(17)19(13-20)14-22(25)24-11-10-18(15-24)16-6-2-1-3-7-16/h1-10,12-13H,11,14-15H2. The van der Waals surface area contributed by atoms with Gasteiger partial charge in [-0.2, -0.15) is 0 Å². The molecule has 0 saturated carbocycles. The van der Waals surface area contributed by atoms with Gasteiger partial charge in [0.25, 0.3) is 0 Å². The van der Waals surface area contributed by atoms with E-state index in [0.29, 0.717) is 24.5 Å². The van der Waals surface area contributed by atoms with Crippen LogP contribution in [0.3, 0.4) is 0 Å². The molecule has 0 aromatic heterocycles.